The Bertz CT molecular complexity index is 667. The van der Waals surface area contributed by atoms with E-state index in [4.69, 9.17) is 11.6 Å². The second kappa shape index (κ2) is 4.13. The molecule has 0 bridgehead atoms. The van der Waals surface area contributed by atoms with Gasteiger partial charge >= 0.3 is 0 Å². The fourth-order valence-corrected chi connectivity index (χ4v) is 2.30. The Morgan fingerprint density at radius 1 is 1.26 bits per heavy atom. The van der Waals surface area contributed by atoms with Crippen molar-refractivity contribution < 1.29 is 13.6 Å². The quantitative estimate of drug-likeness (QED) is 0.754. The van der Waals surface area contributed by atoms with E-state index in [9.17, 15) is 13.6 Å². The van der Waals surface area contributed by atoms with Gasteiger partial charge < -0.3 is 4.90 Å². The van der Waals surface area contributed by atoms with E-state index in [0.717, 1.165) is 4.90 Å². The highest BCUT2D eigenvalue weighted by Crippen LogP contribution is 2.29. The molecule has 98 valence electrons. The van der Waals surface area contributed by atoms with Crippen LogP contribution >= 0.6 is 11.6 Å². The van der Waals surface area contributed by atoms with Crippen molar-refractivity contribution in [2.45, 2.75) is 5.92 Å². The molecule has 1 fully saturated rings. The number of hydrogen-bond acceptors (Lipinski definition) is 2. The van der Waals surface area contributed by atoms with Gasteiger partial charge in [-0.05, 0) is 24.3 Å². The van der Waals surface area contributed by atoms with Gasteiger partial charge in [0.2, 0.25) is 0 Å². The summed E-state index contributed by atoms with van der Waals surface area (Å²) in [5.41, 5.74) is 0.947. The van der Waals surface area contributed by atoms with E-state index in [0.29, 0.717) is 21.6 Å². The second-order valence-corrected chi connectivity index (χ2v) is 4.91. The maximum Gasteiger partial charge on any atom is 0.282 e. The molecule has 0 atom stereocenters. The van der Waals surface area contributed by atoms with Crippen molar-refractivity contribution in [1.29, 1.82) is 0 Å². The molecular weight excluding hydrogens is 274 g/mol. The van der Waals surface area contributed by atoms with Crippen molar-refractivity contribution in [2.75, 3.05) is 13.1 Å². The molecule has 0 N–H and O–H groups in total. The fraction of sp³-hybridized carbons (Fsp3) is 0.231. The van der Waals surface area contributed by atoms with Crippen LogP contribution < -0.4 is 0 Å². The van der Waals surface area contributed by atoms with Crippen LogP contribution in [0.25, 0.3) is 10.9 Å². The Morgan fingerprint density at radius 3 is 2.68 bits per heavy atom. The van der Waals surface area contributed by atoms with Crippen LogP contribution in [0.5, 0.6) is 0 Å². The van der Waals surface area contributed by atoms with Gasteiger partial charge in [-0.3, -0.25) is 4.79 Å². The van der Waals surface area contributed by atoms with Crippen LogP contribution in [-0.4, -0.2) is 34.8 Å². The van der Waals surface area contributed by atoms with Gasteiger partial charge in [-0.1, -0.05) is 17.7 Å². The van der Waals surface area contributed by atoms with Crippen LogP contribution in [-0.2, 0) is 0 Å². The number of benzene rings is 1. The SMILES string of the molecule is O=C(c1cccc2nc(Cl)ccc12)N1CC(F)(F)C1. The summed E-state index contributed by atoms with van der Waals surface area (Å²) < 4.78 is 25.6. The molecule has 0 aliphatic carbocycles. The first-order valence-electron chi connectivity index (χ1n) is 5.69. The number of rotatable bonds is 1. The fourth-order valence-electron chi connectivity index (χ4n) is 2.14. The monoisotopic (exact) mass is 282 g/mol. The highest BCUT2D eigenvalue weighted by Gasteiger charge is 2.46. The predicted octanol–water partition coefficient (Wildman–Crippen LogP) is 2.98. The lowest BCUT2D eigenvalue weighted by Crippen LogP contribution is -2.58. The molecule has 1 aliphatic rings. The van der Waals surface area contributed by atoms with Crippen molar-refractivity contribution in [3.63, 3.8) is 0 Å². The second-order valence-electron chi connectivity index (χ2n) is 4.52. The Balaban J connectivity index is 1.99. The van der Waals surface area contributed by atoms with E-state index in [2.05, 4.69) is 4.98 Å². The third-order valence-corrected chi connectivity index (χ3v) is 3.27. The average Bonchev–Trinajstić information content (AvgIpc) is 2.34. The molecule has 0 unspecified atom stereocenters. The van der Waals surface area contributed by atoms with Crippen molar-refractivity contribution in [3.05, 3.63) is 41.0 Å². The number of likely N-dealkylation sites (tertiary alicyclic amines) is 1. The molecule has 1 amide bonds. The standard InChI is InChI=1S/C13H9ClF2N2O/c14-11-5-4-8-9(2-1-3-10(8)17-11)12(19)18-6-13(15,16)7-18/h1-5H,6-7H2. The Morgan fingerprint density at radius 2 is 2.00 bits per heavy atom. The molecule has 1 aromatic heterocycles. The number of amides is 1. The number of nitrogens with zero attached hydrogens (tertiary/aromatic N) is 2. The number of alkyl halides is 2. The van der Waals surface area contributed by atoms with Crippen LogP contribution in [0.3, 0.4) is 0 Å². The van der Waals surface area contributed by atoms with Crippen molar-refractivity contribution in [2.24, 2.45) is 0 Å². The number of pyridine rings is 1. The maximum atomic E-state index is 12.8. The molecule has 1 aliphatic heterocycles. The number of carbonyl (C=O) groups is 1. The van der Waals surface area contributed by atoms with Gasteiger partial charge in [0.1, 0.15) is 5.15 Å². The molecule has 3 rings (SSSR count). The Hall–Kier alpha value is -1.75. The first-order chi connectivity index (χ1) is 8.96. The number of fused-ring (bicyclic) bond motifs is 1. The smallest absolute Gasteiger partial charge is 0.282 e. The zero-order chi connectivity index (χ0) is 13.6. The zero-order valence-electron chi connectivity index (χ0n) is 9.74. The molecule has 19 heavy (non-hydrogen) atoms. The van der Waals surface area contributed by atoms with E-state index < -0.39 is 24.9 Å². The molecule has 1 saturated heterocycles. The number of hydrogen-bond donors (Lipinski definition) is 0. The summed E-state index contributed by atoms with van der Waals surface area (Å²) in [6.45, 7) is -1.05. The molecular formula is C13H9ClF2N2O. The zero-order valence-corrected chi connectivity index (χ0v) is 10.5. The van der Waals surface area contributed by atoms with Crippen LogP contribution in [0, 0.1) is 0 Å². The molecule has 2 heterocycles. The lowest BCUT2D eigenvalue weighted by molar-refractivity contribution is -0.113. The largest absolute Gasteiger partial charge is 0.326 e. The van der Waals surface area contributed by atoms with Gasteiger partial charge in [0, 0.05) is 10.9 Å². The predicted molar refractivity (Wildman–Crippen MR) is 67.6 cm³/mol. The molecule has 2 aromatic rings. The van der Waals surface area contributed by atoms with Gasteiger partial charge in [-0.2, -0.15) is 0 Å². The highest BCUT2D eigenvalue weighted by atomic mass is 35.5. The summed E-state index contributed by atoms with van der Waals surface area (Å²) in [7, 11) is 0. The Kier molecular flexibility index (Phi) is 2.67. The van der Waals surface area contributed by atoms with E-state index in [1.54, 1.807) is 30.3 Å². The molecule has 6 heteroatoms. The van der Waals surface area contributed by atoms with Gasteiger partial charge in [0.15, 0.2) is 0 Å². The van der Waals surface area contributed by atoms with Crippen molar-refractivity contribution >= 4 is 28.4 Å². The number of aromatic nitrogens is 1. The topological polar surface area (TPSA) is 33.2 Å². The van der Waals surface area contributed by atoms with Gasteiger partial charge in [0.05, 0.1) is 18.6 Å². The summed E-state index contributed by atoms with van der Waals surface area (Å²) in [6.07, 6.45) is 0. The highest BCUT2D eigenvalue weighted by molar-refractivity contribution is 6.29. The Labute approximate surface area is 112 Å². The maximum absolute atomic E-state index is 12.8. The molecule has 0 saturated carbocycles. The number of halogens is 3. The van der Waals surface area contributed by atoms with Crippen molar-refractivity contribution in [1.82, 2.24) is 9.88 Å². The molecule has 1 aromatic carbocycles. The van der Waals surface area contributed by atoms with E-state index >= 15 is 0 Å². The average molecular weight is 283 g/mol. The van der Waals surface area contributed by atoms with Crippen LogP contribution in [0.15, 0.2) is 30.3 Å². The minimum atomic E-state index is -2.76. The van der Waals surface area contributed by atoms with E-state index in [1.807, 2.05) is 0 Å². The van der Waals surface area contributed by atoms with E-state index in [1.165, 1.54) is 0 Å². The minimum Gasteiger partial charge on any atom is -0.326 e. The van der Waals surface area contributed by atoms with Crippen molar-refractivity contribution in [3.8, 4) is 0 Å². The lowest BCUT2D eigenvalue weighted by atomic mass is 10.0. The molecule has 0 radical (unpaired) electrons. The van der Waals surface area contributed by atoms with Gasteiger partial charge in [0.25, 0.3) is 11.8 Å². The third kappa shape index (κ3) is 2.14. The normalized spacial score (nSPS) is 17.3. The minimum absolute atomic E-state index is 0.326. The van der Waals surface area contributed by atoms with Gasteiger partial charge in [-0.25, -0.2) is 13.8 Å². The van der Waals surface area contributed by atoms with E-state index in [-0.39, 0.29) is 0 Å². The summed E-state index contributed by atoms with van der Waals surface area (Å²) in [6, 6.07) is 8.25. The lowest BCUT2D eigenvalue weighted by Gasteiger charge is -2.38. The third-order valence-electron chi connectivity index (χ3n) is 3.06. The van der Waals surface area contributed by atoms with Crippen LogP contribution in [0.2, 0.25) is 5.15 Å². The molecule has 3 nitrogen and oxygen atoms in total. The van der Waals surface area contributed by atoms with Crippen LogP contribution in [0.4, 0.5) is 8.78 Å². The first kappa shape index (κ1) is 12.3. The number of carbonyl (C=O) groups excluding carboxylic acids is 1. The summed E-state index contributed by atoms with van der Waals surface area (Å²) in [5, 5.41) is 0.944. The summed E-state index contributed by atoms with van der Waals surface area (Å²) in [4.78, 5) is 17.4. The molecule has 0 spiro atoms. The van der Waals surface area contributed by atoms with Crippen LogP contribution in [0.1, 0.15) is 10.4 Å². The summed E-state index contributed by atoms with van der Waals surface area (Å²) >= 11 is 5.78. The van der Waals surface area contributed by atoms with Gasteiger partial charge in [-0.15, -0.1) is 0 Å². The first-order valence-corrected chi connectivity index (χ1v) is 6.06. The summed E-state index contributed by atoms with van der Waals surface area (Å²) in [5.74, 6) is -3.16.